The van der Waals surface area contributed by atoms with Gasteiger partial charge in [-0.3, -0.25) is 19.1 Å². The van der Waals surface area contributed by atoms with Gasteiger partial charge in [-0.2, -0.15) is 5.10 Å². The molecule has 0 aliphatic rings. The zero-order valence-corrected chi connectivity index (χ0v) is 9.79. The highest BCUT2D eigenvalue weighted by Crippen LogP contribution is 2.06. The van der Waals surface area contributed by atoms with Crippen molar-refractivity contribution < 1.29 is 9.59 Å². The van der Waals surface area contributed by atoms with Crippen LogP contribution in [0.4, 0.5) is 5.69 Å². The summed E-state index contributed by atoms with van der Waals surface area (Å²) in [5, 5.41) is 6.34. The minimum absolute atomic E-state index is 0.00912. The van der Waals surface area contributed by atoms with Crippen LogP contribution in [-0.2, 0) is 11.3 Å². The molecule has 2 aromatic heterocycles. The minimum atomic E-state index is -0.555. The Morgan fingerprint density at radius 3 is 2.95 bits per heavy atom. The highest BCUT2D eigenvalue weighted by Gasteiger charge is 2.11. The van der Waals surface area contributed by atoms with Crippen LogP contribution in [0.25, 0.3) is 0 Å². The molecule has 98 valence electrons. The topological polar surface area (TPSA) is 123 Å². The van der Waals surface area contributed by atoms with Crippen LogP contribution < -0.4 is 16.5 Å². The number of primary amides is 1. The Bertz CT molecular complexity index is 673. The van der Waals surface area contributed by atoms with Crippen molar-refractivity contribution in [3.05, 3.63) is 46.6 Å². The highest BCUT2D eigenvalue weighted by atomic mass is 16.2. The lowest BCUT2D eigenvalue weighted by Crippen LogP contribution is -2.21. The molecule has 2 amide bonds. The van der Waals surface area contributed by atoms with Crippen LogP contribution in [0, 0.1) is 0 Å². The molecule has 0 atom stereocenters. The van der Waals surface area contributed by atoms with E-state index < -0.39 is 11.8 Å². The molecule has 19 heavy (non-hydrogen) atoms. The van der Waals surface area contributed by atoms with Gasteiger partial charge >= 0.3 is 0 Å². The highest BCUT2D eigenvalue weighted by molar-refractivity contribution is 6.03. The van der Waals surface area contributed by atoms with Crippen molar-refractivity contribution in [1.29, 1.82) is 0 Å². The van der Waals surface area contributed by atoms with Crippen molar-refractivity contribution in [1.82, 2.24) is 14.8 Å². The van der Waals surface area contributed by atoms with Gasteiger partial charge in [0, 0.05) is 24.7 Å². The molecule has 0 unspecified atom stereocenters. The van der Waals surface area contributed by atoms with Crippen molar-refractivity contribution in [2.45, 2.75) is 6.54 Å². The number of carbonyl (C=O) groups is 2. The van der Waals surface area contributed by atoms with Gasteiger partial charge in [0.2, 0.25) is 5.91 Å². The molecule has 8 nitrogen and oxygen atoms in total. The molecule has 0 spiro atoms. The fourth-order valence-electron chi connectivity index (χ4n) is 1.47. The number of nitrogens with two attached hydrogens (primary N) is 1. The molecule has 0 aromatic carbocycles. The van der Waals surface area contributed by atoms with Crippen LogP contribution in [0.1, 0.15) is 10.4 Å². The number of carbonyl (C=O) groups excluding carboxylic acids is 2. The second-order valence-electron chi connectivity index (χ2n) is 3.77. The lowest BCUT2D eigenvalue weighted by atomic mass is 10.2. The standard InChI is InChI=1S/C11H11N5O3/c12-10(18)6-16-5-7(3-14-16)15-11(19)8-4-13-2-1-9(8)17/h1-5H,6H2,(H2,12,18)(H,13,17)(H,15,19). The molecular weight excluding hydrogens is 250 g/mol. The summed E-state index contributed by atoms with van der Waals surface area (Å²) in [5.74, 6) is -1.10. The van der Waals surface area contributed by atoms with Gasteiger partial charge in [-0.25, -0.2) is 0 Å². The summed E-state index contributed by atoms with van der Waals surface area (Å²) in [5.41, 5.74) is 4.99. The van der Waals surface area contributed by atoms with Gasteiger partial charge in [0.1, 0.15) is 12.1 Å². The first-order valence-corrected chi connectivity index (χ1v) is 5.35. The molecule has 0 aliphatic heterocycles. The Morgan fingerprint density at radius 1 is 1.47 bits per heavy atom. The van der Waals surface area contributed by atoms with E-state index in [0.717, 1.165) is 0 Å². The summed E-state index contributed by atoms with van der Waals surface area (Å²) in [6.45, 7) is -0.0816. The Kier molecular flexibility index (Phi) is 3.42. The zero-order chi connectivity index (χ0) is 13.8. The van der Waals surface area contributed by atoms with Crippen LogP contribution in [0.15, 0.2) is 35.6 Å². The molecule has 2 aromatic rings. The van der Waals surface area contributed by atoms with E-state index in [-0.39, 0.29) is 17.5 Å². The molecule has 2 rings (SSSR count). The van der Waals surface area contributed by atoms with Crippen LogP contribution in [0.2, 0.25) is 0 Å². The minimum Gasteiger partial charge on any atom is -0.368 e. The molecule has 0 fully saturated rings. The summed E-state index contributed by atoms with van der Waals surface area (Å²) < 4.78 is 1.28. The number of aromatic amines is 1. The maximum Gasteiger partial charge on any atom is 0.261 e. The van der Waals surface area contributed by atoms with E-state index in [2.05, 4.69) is 15.4 Å². The molecule has 4 N–H and O–H groups in total. The van der Waals surface area contributed by atoms with Gasteiger partial charge in [-0.1, -0.05) is 0 Å². The van der Waals surface area contributed by atoms with Crippen LogP contribution >= 0.6 is 0 Å². The second kappa shape index (κ2) is 5.17. The largest absolute Gasteiger partial charge is 0.368 e. The summed E-state index contributed by atoms with van der Waals surface area (Å²) in [6.07, 6.45) is 5.55. The second-order valence-corrected chi connectivity index (χ2v) is 3.77. The first-order chi connectivity index (χ1) is 9.06. The van der Waals surface area contributed by atoms with Gasteiger partial charge in [0.05, 0.1) is 11.9 Å². The number of hydrogen-bond donors (Lipinski definition) is 3. The summed E-state index contributed by atoms with van der Waals surface area (Å²) in [7, 11) is 0. The molecule has 0 bridgehead atoms. The number of anilines is 1. The maximum atomic E-state index is 11.8. The van der Waals surface area contributed by atoms with E-state index in [1.54, 1.807) is 0 Å². The van der Waals surface area contributed by atoms with Crippen molar-refractivity contribution in [2.75, 3.05) is 5.32 Å². The van der Waals surface area contributed by atoms with Crippen LogP contribution in [0.3, 0.4) is 0 Å². The number of hydrogen-bond acceptors (Lipinski definition) is 4. The third-order valence-electron chi connectivity index (χ3n) is 2.28. The number of rotatable bonds is 4. The number of nitrogens with one attached hydrogen (secondary N) is 2. The van der Waals surface area contributed by atoms with Crippen molar-refractivity contribution in [3.63, 3.8) is 0 Å². The van der Waals surface area contributed by atoms with Crippen LogP contribution in [0.5, 0.6) is 0 Å². The number of amides is 2. The van der Waals surface area contributed by atoms with Gasteiger partial charge in [0.25, 0.3) is 5.91 Å². The van der Waals surface area contributed by atoms with E-state index in [9.17, 15) is 14.4 Å². The average Bonchev–Trinajstić information content (AvgIpc) is 2.76. The monoisotopic (exact) mass is 261 g/mol. The third-order valence-corrected chi connectivity index (χ3v) is 2.28. The van der Waals surface area contributed by atoms with E-state index >= 15 is 0 Å². The first-order valence-electron chi connectivity index (χ1n) is 5.35. The number of aromatic nitrogens is 3. The SMILES string of the molecule is NC(=O)Cn1cc(NC(=O)c2c[nH]ccc2=O)cn1. The Labute approximate surface area is 107 Å². The van der Waals surface area contributed by atoms with E-state index in [0.29, 0.717) is 5.69 Å². The smallest absolute Gasteiger partial charge is 0.261 e. The summed E-state index contributed by atoms with van der Waals surface area (Å²) in [4.78, 5) is 36.6. The van der Waals surface area contributed by atoms with Crippen molar-refractivity contribution in [2.24, 2.45) is 5.73 Å². The average molecular weight is 261 g/mol. The van der Waals surface area contributed by atoms with E-state index in [1.807, 2.05) is 0 Å². The summed E-state index contributed by atoms with van der Waals surface area (Å²) in [6, 6.07) is 1.26. The quantitative estimate of drug-likeness (QED) is 0.673. The molecule has 8 heteroatoms. The maximum absolute atomic E-state index is 11.8. The lowest BCUT2D eigenvalue weighted by molar-refractivity contribution is -0.118. The van der Waals surface area contributed by atoms with Crippen molar-refractivity contribution >= 4 is 17.5 Å². The van der Waals surface area contributed by atoms with Gasteiger partial charge in [-0.05, 0) is 0 Å². The fraction of sp³-hybridized carbons (Fsp3) is 0.0909. The molecule has 0 aliphatic carbocycles. The molecule has 0 saturated heterocycles. The Balaban J connectivity index is 2.11. The van der Waals surface area contributed by atoms with Gasteiger partial charge in [0.15, 0.2) is 5.43 Å². The fourth-order valence-corrected chi connectivity index (χ4v) is 1.47. The van der Waals surface area contributed by atoms with Gasteiger partial charge in [-0.15, -0.1) is 0 Å². The third kappa shape index (κ3) is 3.06. The number of H-pyrrole nitrogens is 1. The number of nitrogens with zero attached hydrogens (tertiary/aromatic N) is 2. The van der Waals surface area contributed by atoms with E-state index in [4.69, 9.17) is 5.73 Å². The first kappa shape index (κ1) is 12.6. The zero-order valence-electron chi connectivity index (χ0n) is 9.79. The predicted molar refractivity (Wildman–Crippen MR) is 66.4 cm³/mol. The Morgan fingerprint density at radius 2 is 2.26 bits per heavy atom. The predicted octanol–water partition coefficient (Wildman–Crippen LogP) is -0.691. The van der Waals surface area contributed by atoms with Gasteiger partial charge < -0.3 is 16.0 Å². The van der Waals surface area contributed by atoms with Crippen molar-refractivity contribution in [3.8, 4) is 0 Å². The lowest BCUT2D eigenvalue weighted by Gasteiger charge is -2.00. The normalized spacial score (nSPS) is 10.1. The molecule has 2 heterocycles. The molecule has 0 saturated carbocycles. The Hall–Kier alpha value is -2.90. The van der Waals surface area contributed by atoms with Crippen LogP contribution in [-0.4, -0.2) is 26.6 Å². The molecule has 0 radical (unpaired) electrons. The summed E-state index contributed by atoms with van der Waals surface area (Å²) >= 11 is 0. The van der Waals surface area contributed by atoms with E-state index in [1.165, 1.54) is 35.5 Å². The molecular formula is C11H11N5O3. The number of pyridine rings is 1.